The number of nitro benzene ring substituents is 2. The topological polar surface area (TPSA) is 107 Å². The Bertz CT molecular complexity index is 935. The van der Waals surface area contributed by atoms with Crippen molar-refractivity contribution in [1.82, 2.24) is 0 Å². The quantitative estimate of drug-likeness (QED) is 0.490. The molecule has 0 aliphatic rings. The second-order valence-electron chi connectivity index (χ2n) is 5.56. The first-order chi connectivity index (χ1) is 13.0. The number of benzene rings is 3. The predicted molar refractivity (Wildman–Crippen MR) is 99.1 cm³/mol. The van der Waals surface area contributed by atoms with Crippen molar-refractivity contribution in [3.63, 3.8) is 0 Å². The molecular formula is C19H13N3O5. The molecule has 0 N–H and O–H groups in total. The standard InChI is InChI=1S/C19H13N3O5/c23-19(14-11-17(21(24)25)13-18(12-14)22(26)27)20(15-7-3-1-4-8-15)16-9-5-2-6-10-16/h1-13H. The maximum absolute atomic E-state index is 13.2. The zero-order chi connectivity index (χ0) is 19.4. The molecule has 0 aromatic heterocycles. The van der Waals surface area contributed by atoms with E-state index in [0.717, 1.165) is 18.2 Å². The third-order valence-corrected chi connectivity index (χ3v) is 3.80. The largest absolute Gasteiger partial charge is 0.277 e. The third kappa shape index (κ3) is 3.79. The Labute approximate surface area is 153 Å². The van der Waals surface area contributed by atoms with Crippen molar-refractivity contribution in [3.8, 4) is 0 Å². The Morgan fingerprint density at radius 3 is 1.48 bits per heavy atom. The molecule has 8 nitrogen and oxygen atoms in total. The van der Waals surface area contributed by atoms with Crippen LogP contribution >= 0.6 is 0 Å². The lowest BCUT2D eigenvalue weighted by atomic mass is 10.1. The van der Waals surface area contributed by atoms with Gasteiger partial charge in [0, 0.05) is 23.5 Å². The lowest BCUT2D eigenvalue weighted by Gasteiger charge is -2.23. The van der Waals surface area contributed by atoms with Crippen molar-refractivity contribution >= 4 is 28.7 Å². The number of carbonyl (C=O) groups excluding carboxylic acids is 1. The van der Waals surface area contributed by atoms with Crippen LogP contribution < -0.4 is 4.90 Å². The summed E-state index contributed by atoms with van der Waals surface area (Å²) in [6, 6.07) is 20.3. The van der Waals surface area contributed by atoms with E-state index in [0.29, 0.717) is 11.4 Å². The Hall–Kier alpha value is -4.07. The number of hydrogen-bond donors (Lipinski definition) is 0. The van der Waals surface area contributed by atoms with Gasteiger partial charge in [-0.15, -0.1) is 0 Å². The molecule has 0 heterocycles. The van der Waals surface area contributed by atoms with Gasteiger partial charge >= 0.3 is 0 Å². The lowest BCUT2D eigenvalue weighted by Crippen LogP contribution is -2.26. The maximum Gasteiger partial charge on any atom is 0.277 e. The number of para-hydroxylation sites is 2. The number of anilines is 2. The molecular weight excluding hydrogens is 350 g/mol. The first-order valence-corrected chi connectivity index (χ1v) is 7.86. The fourth-order valence-corrected chi connectivity index (χ4v) is 2.60. The highest BCUT2D eigenvalue weighted by Gasteiger charge is 2.25. The molecule has 0 bridgehead atoms. The molecule has 8 heteroatoms. The van der Waals surface area contributed by atoms with Crippen LogP contribution in [-0.2, 0) is 0 Å². The van der Waals surface area contributed by atoms with Crippen molar-refractivity contribution in [2.45, 2.75) is 0 Å². The number of hydrogen-bond acceptors (Lipinski definition) is 5. The number of rotatable bonds is 5. The average molecular weight is 363 g/mol. The summed E-state index contributed by atoms with van der Waals surface area (Å²) in [5, 5.41) is 22.2. The van der Waals surface area contributed by atoms with Crippen LogP contribution in [0.25, 0.3) is 0 Å². The van der Waals surface area contributed by atoms with Gasteiger partial charge < -0.3 is 0 Å². The van der Waals surface area contributed by atoms with Crippen LogP contribution in [0.2, 0.25) is 0 Å². The van der Waals surface area contributed by atoms with E-state index in [-0.39, 0.29) is 5.56 Å². The van der Waals surface area contributed by atoms with Gasteiger partial charge in [-0.2, -0.15) is 0 Å². The van der Waals surface area contributed by atoms with Gasteiger partial charge in [-0.05, 0) is 24.3 Å². The van der Waals surface area contributed by atoms with E-state index < -0.39 is 27.1 Å². The van der Waals surface area contributed by atoms with Crippen LogP contribution in [0.3, 0.4) is 0 Å². The van der Waals surface area contributed by atoms with Crippen LogP contribution in [0.4, 0.5) is 22.7 Å². The van der Waals surface area contributed by atoms with E-state index in [1.165, 1.54) is 4.90 Å². The minimum Gasteiger partial charge on any atom is -0.277 e. The summed E-state index contributed by atoms with van der Waals surface area (Å²) >= 11 is 0. The molecule has 0 aliphatic heterocycles. The minimum absolute atomic E-state index is 0.149. The van der Waals surface area contributed by atoms with Crippen LogP contribution in [0.5, 0.6) is 0 Å². The highest BCUT2D eigenvalue weighted by atomic mass is 16.6. The van der Waals surface area contributed by atoms with Crippen LogP contribution in [0, 0.1) is 20.2 Å². The third-order valence-electron chi connectivity index (χ3n) is 3.80. The molecule has 3 aromatic carbocycles. The molecule has 0 saturated carbocycles. The summed E-state index contributed by atoms with van der Waals surface area (Å²) in [6.45, 7) is 0. The number of non-ortho nitro benzene ring substituents is 2. The lowest BCUT2D eigenvalue weighted by molar-refractivity contribution is -0.394. The van der Waals surface area contributed by atoms with Crippen molar-refractivity contribution in [2.24, 2.45) is 0 Å². The minimum atomic E-state index is -0.765. The number of carbonyl (C=O) groups is 1. The Morgan fingerprint density at radius 1 is 0.704 bits per heavy atom. The molecule has 1 amide bonds. The summed E-state index contributed by atoms with van der Waals surface area (Å²) in [6.07, 6.45) is 0. The molecule has 3 aromatic rings. The summed E-state index contributed by atoms with van der Waals surface area (Å²) in [4.78, 5) is 35.2. The van der Waals surface area contributed by atoms with E-state index in [2.05, 4.69) is 0 Å². The number of amides is 1. The monoisotopic (exact) mass is 363 g/mol. The van der Waals surface area contributed by atoms with Crippen molar-refractivity contribution in [3.05, 3.63) is 105 Å². The van der Waals surface area contributed by atoms with Crippen LogP contribution in [-0.4, -0.2) is 15.8 Å². The zero-order valence-electron chi connectivity index (χ0n) is 13.9. The molecule has 3 rings (SSSR count). The van der Waals surface area contributed by atoms with Gasteiger partial charge in [-0.3, -0.25) is 29.9 Å². The van der Waals surface area contributed by atoms with Crippen molar-refractivity contribution in [2.75, 3.05) is 4.90 Å². The Kier molecular flexibility index (Phi) is 4.89. The molecule has 27 heavy (non-hydrogen) atoms. The Balaban J connectivity index is 2.15. The van der Waals surface area contributed by atoms with Gasteiger partial charge in [0.05, 0.1) is 21.5 Å². The molecule has 0 unspecified atom stereocenters. The highest BCUT2D eigenvalue weighted by molar-refractivity contribution is 6.11. The Morgan fingerprint density at radius 2 is 1.11 bits per heavy atom. The van der Waals surface area contributed by atoms with Gasteiger partial charge in [0.25, 0.3) is 17.3 Å². The summed E-state index contributed by atoms with van der Waals surface area (Å²) in [5.74, 6) is -0.612. The molecule has 0 saturated heterocycles. The van der Waals surface area contributed by atoms with E-state index >= 15 is 0 Å². The van der Waals surface area contributed by atoms with E-state index in [1.807, 2.05) is 0 Å². The van der Waals surface area contributed by atoms with Gasteiger partial charge in [-0.25, -0.2) is 0 Å². The first kappa shape index (κ1) is 17.7. The highest BCUT2D eigenvalue weighted by Crippen LogP contribution is 2.30. The first-order valence-electron chi connectivity index (χ1n) is 7.86. The normalized spacial score (nSPS) is 10.2. The van der Waals surface area contributed by atoms with E-state index in [4.69, 9.17) is 0 Å². The fourth-order valence-electron chi connectivity index (χ4n) is 2.60. The van der Waals surface area contributed by atoms with E-state index in [1.54, 1.807) is 60.7 Å². The summed E-state index contributed by atoms with van der Waals surface area (Å²) in [5.41, 5.74) is -0.128. The van der Waals surface area contributed by atoms with Crippen LogP contribution in [0.15, 0.2) is 78.9 Å². The second-order valence-corrected chi connectivity index (χ2v) is 5.56. The average Bonchev–Trinajstić information content (AvgIpc) is 2.69. The molecule has 0 spiro atoms. The molecule has 0 aliphatic carbocycles. The molecule has 0 radical (unpaired) electrons. The van der Waals surface area contributed by atoms with Crippen molar-refractivity contribution in [1.29, 1.82) is 0 Å². The SMILES string of the molecule is O=C(c1cc([N+](=O)[O-])cc([N+](=O)[O-])c1)N(c1ccccc1)c1ccccc1. The van der Waals surface area contributed by atoms with Gasteiger partial charge in [-0.1, -0.05) is 36.4 Å². The van der Waals surface area contributed by atoms with Crippen LogP contribution in [0.1, 0.15) is 10.4 Å². The smallest absolute Gasteiger partial charge is 0.277 e. The molecule has 0 atom stereocenters. The number of nitro groups is 2. The molecule has 134 valence electrons. The summed E-state index contributed by atoms with van der Waals surface area (Å²) < 4.78 is 0. The summed E-state index contributed by atoms with van der Waals surface area (Å²) in [7, 11) is 0. The van der Waals surface area contributed by atoms with Gasteiger partial charge in [0.2, 0.25) is 0 Å². The van der Waals surface area contributed by atoms with Gasteiger partial charge in [0.1, 0.15) is 0 Å². The number of nitrogens with zero attached hydrogens (tertiary/aromatic N) is 3. The van der Waals surface area contributed by atoms with Gasteiger partial charge in [0.15, 0.2) is 0 Å². The predicted octanol–water partition coefficient (Wildman–Crippen LogP) is 4.48. The van der Waals surface area contributed by atoms with E-state index in [9.17, 15) is 25.0 Å². The fraction of sp³-hybridized carbons (Fsp3) is 0. The van der Waals surface area contributed by atoms with Crippen molar-refractivity contribution < 1.29 is 14.6 Å². The maximum atomic E-state index is 13.2. The molecule has 0 fully saturated rings. The zero-order valence-corrected chi connectivity index (χ0v) is 13.9. The second kappa shape index (κ2) is 7.44.